The predicted molar refractivity (Wildman–Crippen MR) is 92.6 cm³/mol. The van der Waals surface area contributed by atoms with Crippen LogP contribution in [0.5, 0.6) is 0 Å². The molecule has 1 aliphatic heterocycles. The summed E-state index contributed by atoms with van der Waals surface area (Å²) < 4.78 is 27.5. The Morgan fingerprint density at radius 1 is 0.875 bits per heavy atom. The maximum absolute atomic E-state index is 13.8. The molecule has 2 atom stereocenters. The SMILES string of the molecule is NC1CCCC(N2c3ccc(F)cc3CCc3cc(F)ccc32)C1. The molecule has 1 fully saturated rings. The lowest BCUT2D eigenvalue weighted by molar-refractivity contribution is 0.388. The van der Waals surface area contributed by atoms with Crippen molar-refractivity contribution in [3.05, 3.63) is 59.2 Å². The number of benzene rings is 2. The predicted octanol–water partition coefficient (Wildman–Crippen LogP) is 4.47. The van der Waals surface area contributed by atoms with E-state index >= 15 is 0 Å². The molecule has 1 saturated carbocycles. The number of hydrogen-bond acceptors (Lipinski definition) is 2. The lowest BCUT2D eigenvalue weighted by Gasteiger charge is -2.39. The highest BCUT2D eigenvalue weighted by atomic mass is 19.1. The fraction of sp³-hybridized carbons (Fsp3) is 0.400. The van der Waals surface area contributed by atoms with Gasteiger partial charge in [-0.2, -0.15) is 0 Å². The first-order valence-corrected chi connectivity index (χ1v) is 8.73. The van der Waals surface area contributed by atoms with Crippen LogP contribution in [0.15, 0.2) is 36.4 Å². The Hall–Kier alpha value is -1.94. The van der Waals surface area contributed by atoms with E-state index < -0.39 is 0 Å². The number of nitrogens with two attached hydrogens (primary N) is 1. The third kappa shape index (κ3) is 2.80. The second kappa shape index (κ2) is 6.17. The van der Waals surface area contributed by atoms with Gasteiger partial charge < -0.3 is 10.6 Å². The van der Waals surface area contributed by atoms with Crippen LogP contribution >= 0.6 is 0 Å². The van der Waals surface area contributed by atoms with Crippen molar-refractivity contribution < 1.29 is 8.78 Å². The molecular weight excluding hydrogens is 306 g/mol. The molecule has 2 aliphatic rings. The molecule has 2 nitrogen and oxygen atoms in total. The van der Waals surface area contributed by atoms with Gasteiger partial charge in [0.2, 0.25) is 0 Å². The van der Waals surface area contributed by atoms with Gasteiger partial charge in [-0.05, 0) is 86.1 Å². The van der Waals surface area contributed by atoms with Gasteiger partial charge in [-0.3, -0.25) is 0 Å². The Balaban J connectivity index is 1.85. The zero-order chi connectivity index (χ0) is 16.7. The van der Waals surface area contributed by atoms with Gasteiger partial charge in [-0.1, -0.05) is 0 Å². The summed E-state index contributed by atoms with van der Waals surface area (Å²) in [5, 5.41) is 0. The minimum atomic E-state index is -0.216. The summed E-state index contributed by atoms with van der Waals surface area (Å²) in [5.74, 6) is -0.433. The van der Waals surface area contributed by atoms with Gasteiger partial charge in [0.1, 0.15) is 11.6 Å². The molecule has 1 aliphatic carbocycles. The van der Waals surface area contributed by atoms with Gasteiger partial charge in [0, 0.05) is 23.5 Å². The van der Waals surface area contributed by atoms with Crippen molar-refractivity contribution in [1.82, 2.24) is 0 Å². The average molecular weight is 328 g/mol. The summed E-state index contributed by atoms with van der Waals surface area (Å²) in [6.07, 6.45) is 5.55. The second-order valence-electron chi connectivity index (χ2n) is 7.00. The van der Waals surface area contributed by atoms with Crippen LogP contribution < -0.4 is 10.6 Å². The van der Waals surface area contributed by atoms with E-state index in [-0.39, 0.29) is 23.7 Å². The number of hydrogen-bond donors (Lipinski definition) is 1. The zero-order valence-electron chi connectivity index (χ0n) is 13.6. The number of halogens is 2. The maximum Gasteiger partial charge on any atom is 0.123 e. The highest BCUT2D eigenvalue weighted by molar-refractivity contribution is 5.72. The molecule has 0 spiro atoms. The lowest BCUT2D eigenvalue weighted by atomic mass is 9.89. The van der Waals surface area contributed by atoms with Gasteiger partial charge in [0.25, 0.3) is 0 Å². The molecule has 0 radical (unpaired) electrons. The van der Waals surface area contributed by atoms with Crippen molar-refractivity contribution in [2.45, 2.75) is 50.6 Å². The van der Waals surface area contributed by atoms with Crippen molar-refractivity contribution in [2.24, 2.45) is 5.73 Å². The highest BCUT2D eigenvalue weighted by Crippen LogP contribution is 2.41. The second-order valence-corrected chi connectivity index (χ2v) is 7.00. The maximum atomic E-state index is 13.8. The number of fused-ring (bicyclic) bond motifs is 2. The van der Waals surface area contributed by atoms with E-state index in [1.807, 2.05) is 12.1 Å². The van der Waals surface area contributed by atoms with E-state index in [1.165, 1.54) is 12.1 Å². The number of anilines is 2. The van der Waals surface area contributed by atoms with E-state index in [2.05, 4.69) is 4.90 Å². The monoisotopic (exact) mass is 328 g/mol. The van der Waals surface area contributed by atoms with Gasteiger partial charge in [-0.15, -0.1) is 0 Å². The Kier molecular flexibility index (Phi) is 4.01. The normalized spacial score (nSPS) is 23.4. The molecule has 2 N–H and O–H groups in total. The van der Waals surface area contributed by atoms with Crippen molar-refractivity contribution in [2.75, 3.05) is 4.90 Å². The highest BCUT2D eigenvalue weighted by Gasteiger charge is 2.30. The fourth-order valence-corrected chi connectivity index (χ4v) is 4.21. The van der Waals surface area contributed by atoms with E-state index in [1.54, 1.807) is 12.1 Å². The first-order valence-electron chi connectivity index (χ1n) is 8.73. The van der Waals surface area contributed by atoms with Crippen LogP contribution in [0.4, 0.5) is 20.2 Å². The summed E-state index contributed by atoms with van der Waals surface area (Å²) in [6.45, 7) is 0. The molecule has 4 rings (SSSR count). The standard InChI is InChI=1S/C20H22F2N2/c21-15-6-8-19-13(10-15)4-5-14-11-16(22)7-9-20(14)24(19)18-3-1-2-17(23)12-18/h6-11,17-18H,1-5,12,23H2. The molecule has 0 bridgehead atoms. The van der Waals surface area contributed by atoms with E-state index in [0.717, 1.165) is 61.0 Å². The molecule has 0 aromatic heterocycles. The molecule has 2 unspecified atom stereocenters. The number of nitrogens with zero attached hydrogens (tertiary/aromatic N) is 1. The largest absolute Gasteiger partial charge is 0.338 e. The van der Waals surface area contributed by atoms with Crippen molar-refractivity contribution in [1.29, 1.82) is 0 Å². The summed E-state index contributed by atoms with van der Waals surface area (Å²) in [4.78, 5) is 2.29. The van der Waals surface area contributed by atoms with Crippen molar-refractivity contribution in [3.8, 4) is 0 Å². The summed E-state index contributed by atoms with van der Waals surface area (Å²) >= 11 is 0. The fourth-order valence-electron chi connectivity index (χ4n) is 4.21. The van der Waals surface area contributed by atoms with Gasteiger partial charge in [0.15, 0.2) is 0 Å². The topological polar surface area (TPSA) is 29.3 Å². The molecule has 1 heterocycles. The Bertz CT molecular complexity index is 706. The first-order chi connectivity index (χ1) is 11.6. The average Bonchev–Trinajstić information content (AvgIpc) is 2.71. The molecule has 126 valence electrons. The number of rotatable bonds is 1. The van der Waals surface area contributed by atoms with Crippen LogP contribution in [0.3, 0.4) is 0 Å². The summed E-state index contributed by atoms with van der Waals surface area (Å²) in [6, 6.07) is 10.5. The van der Waals surface area contributed by atoms with Crippen LogP contribution in [0, 0.1) is 11.6 Å². The van der Waals surface area contributed by atoms with E-state index in [9.17, 15) is 8.78 Å². The molecule has 4 heteroatoms. The van der Waals surface area contributed by atoms with Crippen LogP contribution in [0.2, 0.25) is 0 Å². The van der Waals surface area contributed by atoms with Crippen LogP contribution in [0.1, 0.15) is 36.8 Å². The minimum absolute atomic E-state index is 0.194. The van der Waals surface area contributed by atoms with E-state index in [4.69, 9.17) is 5.73 Å². The first kappa shape index (κ1) is 15.6. The van der Waals surface area contributed by atoms with Crippen molar-refractivity contribution >= 4 is 11.4 Å². The van der Waals surface area contributed by atoms with Crippen LogP contribution in [0.25, 0.3) is 0 Å². The van der Waals surface area contributed by atoms with Crippen LogP contribution in [-0.2, 0) is 12.8 Å². The molecular formula is C20H22F2N2. The number of aryl methyl sites for hydroxylation is 2. The smallest absolute Gasteiger partial charge is 0.123 e. The van der Waals surface area contributed by atoms with Crippen molar-refractivity contribution in [3.63, 3.8) is 0 Å². The Morgan fingerprint density at radius 3 is 2.00 bits per heavy atom. The summed E-state index contributed by atoms with van der Waals surface area (Å²) in [5.41, 5.74) is 10.3. The third-order valence-corrected chi connectivity index (χ3v) is 5.32. The van der Waals surface area contributed by atoms with Gasteiger partial charge in [0.05, 0.1) is 0 Å². The zero-order valence-corrected chi connectivity index (χ0v) is 13.6. The third-order valence-electron chi connectivity index (χ3n) is 5.32. The van der Waals surface area contributed by atoms with Gasteiger partial charge in [-0.25, -0.2) is 8.78 Å². The molecule has 0 saturated heterocycles. The lowest BCUT2D eigenvalue weighted by Crippen LogP contribution is -2.40. The molecule has 0 amide bonds. The quantitative estimate of drug-likeness (QED) is 0.837. The molecule has 2 aromatic carbocycles. The minimum Gasteiger partial charge on any atom is -0.338 e. The molecule has 24 heavy (non-hydrogen) atoms. The Labute approximate surface area is 141 Å². The molecule has 2 aromatic rings. The Morgan fingerprint density at radius 2 is 1.46 bits per heavy atom. The van der Waals surface area contributed by atoms with Gasteiger partial charge >= 0.3 is 0 Å². The van der Waals surface area contributed by atoms with Crippen LogP contribution in [-0.4, -0.2) is 12.1 Å². The summed E-state index contributed by atoms with van der Waals surface area (Å²) in [7, 11) is 0. The van der Waals surface area contributed by atoms with E-state index in [0.29, 0.717) is 0 Å².